The standard InChI is InChI=1S/C19H21ClN2O2S/c20-16-7-5-14(6-8-16)9-10-21-18(23)15-3-1-11-22(13-15)19(24)17-4-2-12-25-17/h2,4-8,12,15H,1,3,9-11,13H2,(H,21,23)/t15-/m1/s1. The highest BCUT2D eigenvalue weighted by Gasteiger charge is 2.29. The Morgan fingerprint density at radius 2 is 2.04 bits per heavy atom. The number of benzene rings is 1. The first kappa shape index (κ1) is 18.0. The molecule has 2 aromatic rings. The third-order valence-electron chi connectivity index (χ3n) is 4.44. The van der Waals surface area contributed by atoms with Crippen LogP contribution < -0.4 is 5.32 Å². The average Bonchev–Trinajstić information content (AvgIpc) is 3.17. The zero-order valence-corrected chi connectivity index (χ0v) is 15.5. The van der Waals surface area contributed by atoms with Crippen LogP contribution in [0.5, 0.6) is 0 Å². The molecule has 0 bridgehead atoms. The van der Waals surface area contributed by atoms with Gasteiger partial charge in [-0.15, -0.1) is 11.3 Å². The van der Waals surface area contributed by atoms with Crippen LogP contribution in [0.2, 0.25) is 5.02 Å². The normalized spacial score (nSPS) is 17.3. The minimum Gasteiger partial charge on any atom is -0.355 e. The maximum atomic E-state index is 12.4. The molecule has 1 aromatic carbocycles. The van der Waals surface area contributed by atoms with E-state index in [4.69, 9.17) is 11.6 Å². The Morgan fingerprint density at radius 3 is 2.76 bits per heavy atom. The van der Waals surface area contributed by atoms with Gasteiger partial charge in [-0.1, -0.05) is 29.8 Å². The van der Waals surface area contributed by atoms with Crippen LogP contribution in [0.1, 0.15) is 28.1 Å². The fourth-order valence-corrected chi connectivity index (χ4v) is 3.87. The largest absolute Gasteiger partial charge is 0.355 e. The molecule has 1 atom stereocenters. The van der Waals surface area contributed by atoms with Gasteiger partial charge in [0.2, 0.25) is 5.91 Å². The number of halogens is 1. The molecule has 2 amide bonds. The van der Waals surface area contributed by atoms with E-state index in [0.717, 1.165) is 36.2 Å². The summed E-state index contributed by atoms with van der Waals surface area (Å²) in [6.45, 7) is 1.82. The van der Waals surface area contributed by atoms with Crippen LogP contribution in [-0.4, -0.2) is 36.3 Å². The number of hydrogen-bond donors (Lipinski definition) is 1. The van der Waals surface area contributed by atoms with Crippen molar-refractivity contribution in [3.05, 3.63) is 57.2 Å². The zero-order valence-electron chi connectivity index (χ0n) is 13.9. The molecule has 3 rings (SSSR count). The highest BCUT2D eigenvalue weighted by molar-refractivity contribution is 7.12. The maximum absolute atomic E-state index is 12.4. The van der Waals surface area contributed by atoms with E-state index in [1.54, 1.807) is 4.90 Å². The third-order valence-corrected chi connectivity index (χ3v) is 5.55. The molecule has 1 fully saturated rings. The predicted octanol–water partition coefficient (Wildman–Crippen LogP) is 3.61. The lowest BCUT2D eigenvalue weighted by Crippen LogP contribution is -2.45. The highest BCUT2D eigenvalue weighted by atomic mass is 35.5. The lowest BCUT2D eigenvalue weighted by molar-refractivity contribution is -0.126. The number of piperidine rings is 1. The van der Waals surface area contributed by atoms with Gasteiger partial charge in [-0.3, -0.25) is 9.59 Å². The molecule has 0 unspecified atom stereocenters. The van der Waals surface area contributed by atoms with Crippen LogP contribution in [0, 0.1) is 5.92 Å². The van der Waals surface area contributed by atoms with E-state index in [9.17, 15) is 9.59 Å². The molecule has 1 aliphatic rings. The van der Waals surface area contributed by atoms with Gasteiger partial charge in [-0.05, 0) is 48.4 Å². The summed E-state index contributed by atoms with van der Waals surface area (Å²) < 4.78 is 0. The minimum absolute atomic E-state index is 0.0358. The van der Waals surface area contributed by atoms with Crippen molar-refractivity contribution in [2.45, 2.75) is 19.3 Å². The lowest BCUT2D eigenvalue weighted by Gasteiger charge is -2.31. The number of amides is 2. The zero-order chi connectivity index (χ0) is 17.6. The number of rotatable bonds is 5. The van der Waals surface area contributed by atoms with Crippen LogP contribution in [0.15, 0.2) is 41.8 Å². The van der Waals surface area contributed by atoms with E-state index in [2.05, 4.69) is 5.32 Å². The molecule has 1 saturated heterocycles. The monoisotopic (exact) mass is 376 g/mol. The van der Waals surface area contributed by atoms with Gasteiger partial charge in [0, 0.05) is 24.7 Å². The van der Waals surface area contributed by atoms with Gasteiger partial charge < -0.3 is 10.2 Å². The molecule has 1 N–H and O–H groups in total. The van der Waals surface area contributed by atoms with E-state index < -0.39 is 0 Å². The number of carbonyl (C=O) groups is 2. The maximum Gasteiger partial charge on any atom is 0.263 e. The van der Waals surface area contributed by atoms with Crippen LogP contribution in [0.25, 0.3) is 0 Å². The molecule has 1 aliphatic heterocycles. The van der Waals surface area contributed by atoms with Crippen LogP contribution >= 0.6 is 22.9 Å². The van der Waals surface area contributed by atoms with Gasteiger partial charge in [0.05, 0.1) is 10.8 Å². The Labute approximate surface area is 156 Å². The number of carbonyl (C=O) groups excluding carboxylic acids is 2. The fourth-order valence-electron chi connectivity index (χ4n) is 3.06. The van der Waals surface area contributed by atoms with E-state index in [1.165, 1.54) is 11.3 Å². The van der Waals surface area contributed by atoms with Crippen LogP contribution in [0.4, 0.5) is 0 Å². The van der Waals surface area contributed by atoms with E-state index in [1.807, 2.05) is 41.8 Å². The van der Waals surface area contributed by atoms with Crippen molar-refractivity contribution in [1.29, 1.82) is 0 Å². The lowest BCUT2D eigenvalue weighted by atomic mass is 9.97. The first-order valence-corrected chi connectivity index (χ1v) is 9.74. The van der Waals surface area contributed by atoms with E-state index in [0.29, 0.717) is 18.1 Å². The number of nitrogens with one attached hydrogen (secondary N) is 1. The third kappa shape index (κ3) is 4.83. The van der Waals surface area contributed by atoms with Gasteiger partial charge in [0.25, 0.3) is 5.91 Å². The SMILES string of the molecule is O=C(NCCc1ccc(Cl)cc1)[C@@H]1CCCN(C(=O)c2cccs2)C1. The predicted molar refractivity (Wildman–Crippen MR) is 101 cm³/mol. The molecule has 0 radical (unpaired) electrons. The summed E-state index contributed by atoms with van der Waals surface area (Å²) in [5.41, 5.74) is 1.14. The summed E-state index contributed by atoms with van der Waals surface area (Å²) >= 11 is 7.32. The van der Waals surface area contributed by atoms with Crippen LogP contribution in [0.3, 0.4) is 0 Å². The Balaban J connectivity index is 1.48. The van der Waals surface area contributed by atoms with Crippen molar-refractivity contribution in [2.75, 3.05) is 19.6 Å². The fraction of sp³-hybridized carbons (Fsp3) is 0.368. The van der Waals surface area contributed by atoms with Crippen molar-refractivity contribution in [1.82, 2.24) is 10.2 Å². The molecule has 2 heterocycles. The molecule has 25 heavy (non-hydrogen) atoms. The summed E-state index contributed by atoms with van der Waals surface area (Å²) in [6.07, 6.45) is 2.47. The average molecular weight is 377 g/mol. The first-order chi connectivity index (χ1) is 12.1. The smallest absolute Gasteiger partial charge is 0.263 e. The first-order valence-electron chi connectivity index (χ1n) is 8.48. The molecule has 0 saturated carbocycles. The van der Waals surface area contributed by atoms with Gasteiger partial charge in [-0.2, -0.15) is 0 Å². The molecule has 4 nitrogen and oxygen atoms in total. The van der Waals surface area contributed by atoms with Crippen molar-refractivity contribution >= 4 is 34.8 Å². The highest BCUT2D eigenvalue weighted by Crippen LogP contribution is 2.20. The summed E-state index contributed by atoms with van der Waals surface area (Å²) in [5.74, 6) is -0.0470. The number of nitrogens with zero attached hydrogens (tertiary/aromatic N) is 1. The van der Waals surface area contributed by atoms with Crippen molar-refractivity contribution in [3.8, 4) is 0 Å². The number of likely N-dealkylation sites (tertiary alicyclic amines) is 1. The molecular formula is C19H21ClN2O2S. The van der Waals surface area contributed by atoms with Crippen molar-refractivity contribution in [3.63, 3.8) is 0 Å². The van der Waals surface area contributed by atoms with E-state index in [-0.39, 0.29) is 17.7 Å². The second kappa shape index (κ2) is 8.50. The minimum atomic E-state index is -0.122. The molecule has 0 aliphatic carbocycles. The summed E-state index contributed by atoms with van der Waals surface area (Å²) in [5, 5.41) is 5.62. The molecular weight excluding hydrogens is 356 g/mol. The summed E-state index contributed by atoms with van der Waals surface area (Å²) in [7, 11) is 0. The van der Waals surface area contributed by atoms with E-state index >= 15 is 0 Å². The second-order valence-electron chi connectivity index (χ2n) is 6.24. The topological polar surface area (TPSA) is 49.4 Å². The Kier molecular flexibility index (Phi) is 6.10. The Bertz CT molecular complexity index is 716. The second-order valence-corrected chi connectivity index (χ2v) is 7.62. The van der Waals surface area contributed by atoms with Crippen molar-refractivity contribution in [2.24, 2.45) is 5.92 Å². The van der Waals surface area contributed by atoms with Gasteiger partial charge in [0.15, 0.2) is 0 Å². The molecule has 6 heteroatoms. The molecule has 1 aromatic heterocycles. The summed E-state index contributed by atoms with van der Waals surface area (Å²) in [6, 6.07) is 11.4. The quantitative estimate of drug-likeness (QED) is 0.866. The number of thiophene rings is 1. The Hall–Kier alpha value is -1.85. The van der Waals surface area contributed by atoms with Gasteiger partial charge in [-0.25, -0.2) is 0 Å². The summed E-state index contributed by atoms with van der Waals surface area (Å²) in [4.78, 5) is 27.4. The Morgan fingerprint density at radius 1 is 1.24 bits per heavy atom. The van der Waals surface area contributed by atoms with Gasteiger partial charge in [0.1, 0.15) is 0 Å². The molecule has 0 spiro atoms. The molecule has 132 valence electrons. The van der Waals surface area contributed by atoms with Crippen molar-refractivity contribution < 1.29 is 9.59 Å². The number of hydrogen-bond acceptors (Lipinski definition) is 3. The van der Waals surface area contributed by atoms with Crippen LogP contribution in [-0.2, 0) is 11.2 Å². The van der Waals surface area contributed by atoms with Gasteiger partial charge >= 0.3 is 0 Å².